The van der Waals surface area contributed by atoms with Crippen molar-refractivity contribution in [3.63, 3.8) is 0 Å². The minimum absolute atomic E-state index is 0.0857. The number of hydrogen-bond acceptors (Lipinski definition) is 3. The molecule has 0 radical (unpaired) electrons. The van der Waals surface area contributed by atoms with Gasteiger partial charge in [0.2, 0.25) is 0 Å². The highest BCUT2D eigenvalue weighted by atomic mass is 16.4. The number of carbonyl (C=O) groups is 2. The van der Waals surface area contributed by atoms with Gasteiger partial charge >= 0.3 is 11.9 Å². The second-order valence-electron chi connectivity index (χ2n) is 3.35. The minimum atomic E-state index is -1.34. The van der Waals surface area contributed by atoms with E-state index >= 15 is 0 Å². The molecular weight excluding hydrogens is 186 g/mol. The molecule has 0 aromatic rings. The van der Waals surface area contributed by atoms with E-state index in [0.29, 0.717) is 0 Å². The van der Waals surface area contributed by atoms with Crippen LogP contribution in [0.1, 0.15) is 6.92 Å². The van der Waals surface area contributed by atoms with Crippen LogP contribution in [0.15, 0.2) is 23.8 Å². The highest BCUT2D eigenvalue weighted by Crippen LogP contribution is 2.30. The van der Waals surface area contributed by atoms with Crippen molar-refractivity contribution < 1.29 is 19.8 Å². The van der Waals surface area contributed by atoms with Crippen LogP contribution in [0.2, 0.25) is 0 Å². The van der Waals surface area contributed by atoms with Crippen LogP contribution in [0.3, 0.4) is 0 Å². The van der Waals surface area contributed by atoms with E-state index in [9.17, 15) is 9.59 Å². The van der Waals surface area contributed by atoms with E-state index in [-0.39, 0.29) is 5.57 Å². The molecule has 0 saturated heterocycles. The third-order valence-corrected chi connectivity index (χ3v) is 2.41. The van der Waals surface area contributed by atoms with E-state index in [1.807, 2.05) is 0 Å². The van der Waals surface area contributed by atoms with Gasteiger partial charge in [-0.25, -0.2) is 4.79 Å². The molecule has 4 N–H and O–H groups in total. The second-order valence-corrected chi connectivity index (χ2v) is 3.35. The normalized spacial score (nSPS) is 31.0. The van der Waals surface area contributed by atoms with E-state index in [4.69, 9.17) is 15.9 Å². The SMILES string of the molecule is CC1(C(=O)O)C=CC=C(C(=O)O)[C@@H]1N. The van der Waals surface area contributed by atoms with Crippen molar-refractivity contribution in [1.82, 2.24) is 0 Å². The predicted molar refractivity (Wildman–Crippen MR) is 48.6 cm³/mol. The Morgan fingerprint density at radius 1 is 1.50 bits per heavy atom. The first-order valence-corrected chi connectivity index (χ1v) is 4.01. The first kappa shape index (κ1) is 10.5. The molecule has 0 aliphatic heterocycles. The highest BCUT2D eigenvalue weighted by Gasteiger charge is 2.42. The number of hydrogen-bond donors (Lipinski definition) is 3. The van der Waals surface area contributed by atoms with Crippen LogP contribution in [0, 0.1) is 5.41 Å². The Balaban J connectivity index is 3.11. The van der Waals surface area contributed by atoms with Gasteiger partial charge in [-0.1, -0.05) is 18.2 Å². The zero-order chi connectivity index (χ0) is 10.9. The Bertz CT molecular complexity index is 345. The molecule has 2 atom stereocenters. The molecule has 1 aliphatic rings. The Morgan fingerprint density at radius 3 is 2.50 bits per heavy atom. The summed E-state index contributed by atoms with van der Waals surface area (Å²) in [7, 11) is 0. The quantitative estimate of drug-likeness (QED) is 0.577. The van der Waals surface area contributed by atoms with Gasteiger partial charge in [-0.2, -0.15) is 0 Å². The lowest BCUT2D eigenvalue weighted by molar-refractivity contribution is -0.146. The van der Waals surface area contributed by atoms with Crippen LogP contribution in [0.25, 0.3) is 0 Å². The summed E-state index contributed by atoms with van der Waals surface area (Å²) in [5.41, 5.74) is 4.15. The van der Waals surface area contributed by atoms with Crippen molar-refractivity contribution in [2.75, 3.05) is 0 Å². The number of carboxylic acid groups (broad SMARTS) is 2. The zero-order valence-corrected chi connectivity index (χ0v) is 7.60. The largest absolute Gasteiger partial charge is 0.481 e. The van der Waals surface area contributed by atoms with E-state index in [1.54, 1.807) is 0 Å². The molecule has 1 unspecified atom stereocenters. The van der Waals surface area contributed by atoms with Crippen molar-refractivity contribution in [3.05, 3.63) is 23.8 Å². The van der Waals surface area contributed by atoms with Crippen LogP contribution >= 0.6 is 0 Å². The fraction of sp³-hybridized carbons (Fsp3) is 0.333. The minimum Gasteiger partial charge on any atom is -0.481 e. The van der Waals surface area contributed by atoms with Crippen molar-refractivity contribution in [2.45, 2.75) is 13.0 Å². The number of carboxylic acids is 2. The van der Waals surface area contributed by atoms with E-state index in [1.165, 1.54) is 25.2 Å². The highest BCUT2D eigenvalue weighted by molar-refractivity contribution is 5.92. The van der Waals surface area contributed by atoms with Gasteiger partial charge in [0.25, 0.3) is 0 Å². The molecule has 1 rings (SSSR count). The molecule has 5 nitrogen and oxygen atoms in total. The van der Waals surface area contributed by atoms with Gasteiger partial charge in [-0.3, -0.25) is 4.79 Å². The third kappa shape index (κ3) is 1.42. The average Bonchev–Trinajstić information content (AvgIpc) is 2.09. The Kier molecular flexibility index (Phi) is 2.44. The number of nitrogens with two attached hydrogens (primary N) is 1. The lowest BCUT2D eigenvalue weighted by Gasteiger charge is -2.30. The number of allylic oxidation sites excluding steroid dienone is 2. The fourth-order valence-electron chi connectivity index (χ4n) is 1.29. The maximum Gasteiger partial charge on any atom is 0.333 e. The fourth-order valence-corrected chi connectivity index (χ4v) is 1.29. The summed E-state index contributed by atoms with van der Waals surface area (Å²) in [6.45, 7) is 1.40. The molecule has 0 bridgehead atoms. The van der Waals surface area contributed by atoms with Gasteiger partial charge in [-0.15, -0.1) is 0 Å². The summed E-state index contributed by atoms with van der Waals surface area (Å²) < 4.78 is 0. The van der Waals surface area contributed by atoms with Gasteiger partial charge in [0, 0.05) is 0 Å². The van der Waals surface area contributed by atoms with Crippen LogP contribution in [-0.2, 0) is 9.59 Å². The first-order chi connectivity index (χ1) is 6.39. The predicted octanol–water partition coefficient (Wildman–Crippen LogP) is -0.0146. The molecule has 0 saturated carbocycles. The van der Waals surface area contributed by atoms with E-state index in [0.717, 1.165) is 0 Å². The summed E-state index contributed by atoms with van der Waals surface area (Å²) >= 11 is 0. The number of aliphatic carboxylic acids is 2. The lowest BCUT2D eigenvalue weighted by Crippen LogP contribution is -2.48. The standard InChI is InChI=1S/C9H11NO4/c1-9(8(13)14)4-2-3-5(6(9)10)7(11)12/h2-4,6H,10H2,1H3,(H,11,12)(H,13,14)/t6-,9?/m0/s1. The van der Waals surface area contributed by atoms with Crippen LogP contribution < -0.4 is 5.73 Å². The molecule has 14 heavy (non-hydrogen) atoms. The van der Waals surface area contributed by atoms with Gasteiger partial charge in [0.15, 0.2) is 0 Å². The maximum absolute atomic E-state index is 10.9. The van der Waals surface area contributed by atoms with E-state index < -0.39 is 23.4 Å². The van der Waals surface area contributed by atoms with Crippen LogP contribution in [0.4, 0.5) is 0 Å². The number of rotatable bonds is 2. The second kappa shape index (κ2) is 3.26. The molecule has 5 heteroatoms. The van der Waals surface area contributed by atoms with Crippen molar-refractivity contribution in [1.29, 1.82) is 0 Å². The van der Waals surface area contributed by atoms with Gasteiger partial charge in [-0.05, 0) is 6.92 Å². The summed E-state index contributed by atoms with van der Waals surface area (Å²) in [5.74, 6) is -2.32. The Labute approximate surface area is 80.5 Å². The molecule has 0 heterocycles. The van der Waals surface area contributed by atoms with Gasteiger partial charge in [0.05, 0.1) is 11.6 Å². The van der Waals surface area contributed by atoms with Gasteiger partial charge in [0.1, 0.15) is 5.41 Å². The smallest absolute Gasteiger partial charge is 0.333 e. The molecule has 0 spiro atoms. The summed E-state index contributed by atoms with van der Waals surface area (Å²) in [5, 5.41) is 17.7. The van der Waals surface area contributed by atoms with Crippen LogP contribution in [0.5, 0.6) is 0 Å². The van der Waals surface area contributed by atoms with Gasteiger partial charge < -0.3 is 15.9 Å². The van der Waals surface area contributed by atoms with Crippen molar-refractivity contribution in [3.8, 4) is 0 Å². The molecule has 0 aromatic carbocycles. The Hall–Kier alpha value is -1.62. The van der Waals surface area contributed by atoms with Crippen molar-refractivity contribution in [2.24, 2.45) is 11.1 Å². The topological polar surface area (TPSA) is 101 Å². The molecular formula is C9H11NO4. The summed E-state index contributed by atoms with van der Waals surface area (Å²) in [6, 6.07) is -1.03. The maximum atomic E-state index is 10.9. The average molecular weight is 197 g/mol. The third-order valence-electron chi connectivity index (χ3n) is 2.41. The van der Waals surface area contributed by atoms with Crippen LogP contribution in [-0.4, -0.2) is 28.2 Å². The monoisotopic (exact) mass is 197 g/mol. The summed E-state index contributed by atoms with van der Waals surface area (Å²) in [4.78, 5) is 21.6. The first-order valence-electron chi connectivity index (χ1n) is 4.01. The van der Waals surface area contributed by atoms with Crippen molar-refractivity contribution >= 4 is 11.9 Å². The molecule has 0 fully saturated rings. The molecule has 0 aromatic heterocycles. The molecule has 0 amide bonds. The van der Waals surface area contributed by atoms with E-state index in [2.05, 4.69) is 0 Å². The molecule has 1 aliphatic carbocycles. The molecule has 76 valence electrons. The summed E-state index contributed by atoms with van der Waals surface area (Å²) in [6.07, 6.45) is 4.12. The lowest BCUT2D eigenvalue weighted by atomic mass is 9.76. The Morgan fingerprint density at radius 2 is 2.07 bits per heavy atom. The zero-order valence-electron chi connectivity index (χ0n) is 7.60.